The highest BCUT2D eigenvalue weighted by molar-refractivity contribution is 7.78. The first-order valence-corrected chi connectivity index (χ1v) is 8.54. The lowest BCUT2D eigenvalue weighted by molar-refractivity contribution is 0.145. The van der Waals surface area contributed by atoms with Crippen LogP contribution in [-0.4, -0.2) is 14.0 Å². The zero-order chi connectivity index (χ0) is 18.0. The molecule has 2 N–H and O–H groups in total. The van der Waals surface area contributed by atoms with E-state index >= 15 is 0 Å². The van der Waals surface area contributed by atoms with E-state index in [0.717, 1.165) is 0 Å². The zero-order valence-corrected chi connectivity index (χ0v) is 14.2. The van der Waals surface area contributed by atoms with E-state index < -0.39 is 17.7 Å². The Morgan fingerprint density at radius 2 is 1.76 bits per heavy atom. The maximum absolute atomic E-state index is 13.1. The molecule has 0 saturated carbocycles. The van der Waals surface area contributed by atoms with Gasteiger partial charge in [0.25, 0.3) is 17.7 Å². The number of hydrogen-bond donors (Lipinski definition) is 1. The van der Waals surface area contributed by atoms with Crippen molar-refractivity contribution >= 4 is 22.9 Å². The molecule has 2 aromatic carbocycles. The quantitative estimate of drug-likeness (QED) is 0.722. The first-order chi connectivity index (χ1) is 11.9. The summed E-state index contributed by atoms with van der Waals surface area (Å²) < 4.78 is 43.3. The Morgan fingerprint density at radius 1 is 1.12 bits per heavy atom. The van der Waals surface area contributed by atoms with Gasteiger partial charge in [-0.1, -0.05) is 23.7 Å². The van der Waals surface area contributed by atoms with Crippen molar-refractivity contribution in [2.45, 2.75) is 6.43 Å². The van der Waals surface area contributed by atoms with Crippen LogP contribution in [-0.2, 0) is 11.3 Å². The molecule has 1 atom stereocenters. The number of nitrogens with two attached hydrogens (primary N) is 1. The van der Waals surface area contributed by atoms with Crippen molar-refractivity contribution in [1.29, 1.82) is 0 Å². The third-order valence-electron chi connectivity index (χ3n) is 3.35. The second kappa shape index (κ2) is 7.30. The van der Waals surface area contributed by atoms with E-state index in [4.69, 9.17) is 20.9 Å². The SMILES string of the molecule is NS(=O)Oc1ccc(-n2nc(C(F)F)cc2-c2ccc(Cl)cc2)cc1. The zero-order valence-electron chi connectivity index (χ0n) is 12.6. The maximum atomic E-state index is 13.1. The number of aromatic nitrogens is 2. The van der Waals surface area contributed by atoms with Crippen LogP contribution in [0.5, 0.6) is 5.75 Å². The first-order valence-electron chi connectivity index (χ1n) is 7.03. The molecule has 0 radical (unpaired) electrons. The summed E-state index contributed by atoms with van der Waals surface area (Å²) in [5.74, 6) is 0.291. The van der Waals surface area contributed by atoms with Crippen LogP contribution in [0, 0.1) is 0 Å². The van der Waals surface area contributed by atoms with Gasteiger partial charge >= 0.3 is 0 Å². The minimum absolute atomic E-state index is 0.291. The fourth-order valence-electron chi connectivity index (χ4n) is 2.27. The van der Waals surface area contributed by atoms with E-state index in [1.807, 2.05) is 0 Å². The van der Waals surface area contributed by atoms with Gasteiger partial charge in [-0.3, -0.25) is 0 Å². The molecule has 0 aliphatic rings. The van der Waals surface area contributed by atoms with Crippen LogP contribution in [0.15, 0.2) is 54.6 Å². The average molecular weight is 384 g/mol. The summed E-state index contributed by atoms with van der Waals surface area (Å²) in [5.41, 5.74) is 1.37. The predicted octanol–water partition coefficient (Wildman–Crippen LogP) is 4.05. The summed E-state index contributed by atoms with van der Waals surface area (Å²) >= 11 is 3.94. The van der Waals surface area contributed by atoms with Crippen LogP contribution in [0.3, 0.4) is 0 Å². The molecule has 0 spiro atoms. The molecule has 0 fully saturated rings. The predicted molar refractivity (Wildman–Crippen MR) is 91.9 cm³/mol. The van der Waals surface area contributed by atoms with E-state index in [-0.39, 0.29) is 5.69 Å². The second-order valence-electron chi connectivity index (χ2n) is 5.01. The van der Waals surface area contributed by atoms with Crippen LogP contribution in [0.4, 0.5) is 8.78 Å². The Kier molecular flexibility index (Phi) is 5.12. The van der Waals surface area contributed by atoms with Crippen molar-refractivity contribution < 1.29 is 17.2 Å². The van der Waals surface area contributed by atoms with E-state index in [1.54, 1.807) is 36.4 Å². The molecule has 25 heavy (non-hydrogen) atoms. The normalized spacial score (nSPS) is 12.4. The van der Waals surface area contributed by atoms with Gasteiger partial charge in [0.1, 0.15) is 11.4 Å². The largest absolute Gasteiger partial charge is 0.389 e. The molecule has 3 aromatic rings. The molecule has 3 rings (SSSR count). The van der Waals surface area contributed by atoms with Crippen molar-refractivity contribution in [3.05, 3.63) is 65.3 Å². The third kappa shape index (κ3) is 4.04. The van der Waals surface area contributed by atoms with Crippen LogP contribution in [0.2, 0.25) is 5.02 Å². The van der Waals surface area contributed by atoms with Crippen molar-refractivity contribution in [2.75, 3.05) is 0 Å². The van der Waals surface area contributed by atoms with Gasteiger partial charge in [0, 0.05) is 10.6 Å². The van der Waals surface area contributed by atoms with Gasteiger partial charge in [0.2, 0.25) is 0 Å². The number of rotatable bonds is 5. The summed E-state index contributed by atoms with van der Waals surface area (Å²) in [6.45, 7) is 0. The minimum atomic E-state index is -2.70. The maximum Gasteiger partial charge on any atom is 0.285 e. The molecule has 5 nitrogen and oxygen atoms in total. The number of alkyl halides is 2. The summed E-state index contributed by atoms with van der Waals surface area (Å²) in [5, 5.41) is 9.58. The molecule has 1 heterocycles. The lowest BCUT2D eigenvalue weighted by Crippen LogP contribution is -2.09. The first kappa shape index (κ1) is 17.5. The highest BCUT2D eigenvalue weighted by Gasteiger charge is 2.17. The van der Waals surface area contributed by atoms with Gasteiger partial charge in [0.05, 0.1) is 11.4 Å². The van der Waals surface area contributed by atoms with Gasteiger partial charge in [-0.2, -0.15) is 9.31 Å². The van der Waals surface area contributed by atoms with Crippen molar-refractivity contribution in [3.63, 3.8) is 0 Å². The average Bonchev–Trinajstić information content (AvgIpc) is 3.01. The molecule has 1 aromatic heterocycles. The minimum Gasteiger partial charge on any atom is -0.389 e. The molecule has 0 bridgehead atoms. The Labute approximate surface area is 149 Å². The van der Waals surface area contributed by atoms with Crippen LogP contribution >= 0.6 is 11.6 Å². The molecule has 0 aliphatic heterocycles. The Morgan fingerprint density at radius 3 is 2.32 bits per heavy atom. The van der Waals surface area contributed by atoms with Gasteiger partial charge in [-0.25, -0.2) is 18.6 Å². The number of nitrogens with zero attached hydrogens (tertiary/aromatic N) is 2. The van der Waals surface area contributed by atoms with Crippen LogP contribution in [0.1, 0.15) is 12.1 Å². The number of benzene rings is 2. The van der Waals surface area contributed by atoms with Gasteiger partial charge in [0.15, 0.2) is 0 Å². The van der Waals surface area contributed by atoms with Gasteiger partial charge in [-0.15, -0.1) is 0 Å². The van der Waals surface area contributed by atoms with Crippen molar-refractivity contribution in [2.24, 2.45) is 5.14 Å². The fraction of sp³-hybridized carbons (Fsp3) is 0.0625. The molecular formula is C16H12ClF2N3O2S. The third-order valence-corrected chi connectivity index (χ3v) is 3.96. The van der Waals surface area contributed by atoms with Gasteiger partial charge < -0.3 is 4.18 Å². The molecular weight excluding hydrogens is 372 g/mol. The molecule has 0 aliphatic carbocycles. The fourth-order valence-corrected chi connectivity index (χ4v) is 2.69. The van der Waals surface area contributed by atoms with Crippen molar-refractivity contribution in [1.82, 2.24) is 9.78 Å². The smallest absolute Gasteiger partial charge is 0.285 e. The van der Waals surface area contributed by atoms with E-state index in [9.17, 15) is 13.0 Å². The van der Waals surface area contributed by atoms with E-state index in [1.165, 1.54) is 22.9 Å². The molecule has 130 valence electrons. The Hall–Kier alpha value is -2.29. The molecule has 0 amide bonds. The Bertz CT molecular complexity index is 899. The highest BCUT2D eigenvalue weighted by atomic mass is 35.5. The summed E-state index contributed by atoms with van der Waals surface area (Å²) in [6, 6.07) is 14.4. The number of hydrogen-bond acceptors (Lipinski definition) is 3. The molecule has 1 unspecified atom stereocenters. The monoisotopic (exact) mass is 383 g/mol. The topological polar surface area (TPSA) is 70.1 Å². The van der Waals surface area contributed by atoms with Gasteiger partial charge in [-0.05, 0) is 42.5 Å². The lowest BCUT2D eigenvalue weighted by Gasteiger charge is -2.09. The van der Waals surface area contributed by atoms with E-state index in [2.05, 4.69) is 5.10 Å². The number of halogens is 3. The molecule has 0 saturated heterocycles. The molecule has 9 heteroatoms. The lowest BCUT2D eigenvalue weighted by atomic mass is 10.1. The summed E-state index contributed by atoms with van der Waals surface area (Å²) in [4.78, 5) is 0. The summed E-state index contributed by atoms with van der Waals surface area (Å²) in [6.07, 6.45) is -2.70. The Balaban J connectivity index is 2.05. The standard InChI is InChI=1S/C16H12ClF2N3O2S/c17-11-3-1-10(2-4-11)15-9-14(16(18)19)21-22(15)12-5-7-13(8-6-12)24-25(20)23/h1-9,16H,20H2. The van der Waals surface area contributed by atoms with E-state index in [0.29, 0.717) is 27.7 Å². The van der Waals surface area contributed by atoms with Crippen LogP contribution in [0.25, 0.3) is 16.9 Å². The van der Waals surface area contributed by atoms with Crippen molar-refractivity contribution in [3.8, 4) is 22.7 Å². The van der Waals surface area contributed by atoms with Crippen LogP contribution < -0.4 is 9.32 Å². The highest BCUT2D eigenvalue weighted by Crippen LogP contribution is 2.29. The second-order valence-corrected chi connectivity index (χ2v) is 6.14. The summed E-state index contributed by atoms with van der Waals surface area (Å²) in [7, 11) is 0.